The normalized spacial score (nSPS) is 21.5. The Morgan fingerprint density at radius 1 is 1.14 bits per heavy atom. The highest BCUT2D eigenvalue weighted by molar-refractivity contribution is 5.79. The highest BCUT2D eigenvalue weighted by Crippen LogP contribution is 2.25. The minimum Gasteiger partial charge on any atom is -0.383 e. The lowest BCUT2D eigenvalue weighted by molar-refractivity contribution is -0.127. The summed E-state index contributed by atoms with van der Waals surface area (Å²) in [5, 5.41) is 3.09. The number of carbonyl (C=O) groups excluding carboxylic acids is 1. The van der Waals surface area contributed by atoms with E-state index in [9.17, 15) is 4.79 Å². The maximum Gasteiger partial charge on any atom is 0.223 e. The lowest BCUT2D eigenvalue weighted by atomic mass is 9.92. The van der Waals surface area contributed by atoms with Gasteiger partial charge in [-0.1, -0.05) is 24.3 Å². The van der Waals surface area contributed by atoms with E-state index in [4.69, 9.17) is 4.74 Å². The van der Waals surface area contributed by atoms with Crippen LogP contribution in [0.25, 0.3) is 0 Å². The second-order valence-corrected chi connectivity index (χ2v) is 8.61. The second-order valence-electron chi connectivity index (χ2n) is 8.61. The number of carbonyl (C=O) groups is 1. The van der Waals surface area contributed by atoms with Crippen molar-refractivity contribution >= 4 is 5.91 Å². The van der Waals surface area contributed by atoms with Gasteiger partial charge in [-0.15, -0.1) is 0 Å². The molecule has 0 radical (unpaired) electrons. The van der Waals surface area contributed by atoms with Crippen LogP contribution in [0.5, 0.6) is 0 Å². The van der Waals surface area contributed by atoms with Crippen molar-refractivity contribution in [2.45, 2.75) is 58.2 Å². The number of aryl methyl sites for hydroxylation is 1. The quantitative estimate of drug-likeness (QED) is 0.781. The molecular weight excluding hydrogens is 350 g/mol. The summed E-state index contributed by atoms with van der Waals surface area (Å²) in [5.74, 6) is 0.369. The predicted molar refractivity (Wildman–Crippen MR) is 113 cm³/mol. The number of methoxy groups -OCH3 is 1. The fourth-order valence-electron chi connectivity index (χ4n) is 4.65. The summed E-state index contributed by atoms with van der Waals surface area (Å²) in [5.41, 5.74) is 2.85. The third-order valence-electron chi connectivity index (χ3n) is 6.43. The molecule has 28 heavy (non-hydrogen) atoms. The zero-order valence-electron chi connectivity index (χ0n) is 17.8. The Morgan fingerprint density at radius 2 is 1.82 bits per heavy atom. The van der Waals surface area contributed by atoms with Crippen molar-refractivity contribution in [2.24, 2.45) is 5.92 Å². The van der Waals surface area contributed by atoms with Gasteiger partial charge in [0, 0.05) is 31.7 Å². The summed E-state index contributed by atoms with van der Waals surface area (Å²) in [7, 11) is 1.67. The number of likely N-dealkylation sites (tertiary alicyclic amines) is 2. The predicted octanol–water partition coefficient (Wildman–Crippen LogP) is 2.82. The Balaban J connectivity index is 1.39. The van der Waals surface area contributed by atoms with Crippen molar-refractivity contribution in [3.63, 3.8) is 0 Å². The van der Waals surface area contributed by atoms with E-state index in [0.717, 1.165) is 32.5 Å². The van der Waals surface area contributed by atoms with Crippen molar-refractivity contribution in [2.75, 3.05) is 39.9 Å². The Bertz CT molecular complexity index is 620. The van der Waals surface area contributed by atoms with Crippen molar-refractivity contribution in [3.05, 3.63) is 35.4 Å². The number of amides is 1. The summed E-state index contributed by atoms with van der Waals surface area (Å²) in [6.07, 6.45) is 4.45. The Hall–Kier alpha value is -1.43. The van der Waals surface area contributed by atoms with Crippen molar-refractivity contribution in [1.29, 1.82) is 0 Å². The summed E-state index contributed by atoms with van der Waals surface area (Å²) in [6, 6.07) is 9.50. The summed E-state index contributed by atoms with van der Waals surface area (Å²) >= 11 is 0. The first-order valence-electron chi connectivity index (χ1n) is 10.9. The van der Waals surface area contributed by atoms with Crippen LogP contribution in [0.4, 0.5) is 0 Å². The second kappa shape index (κ2) is 10.4. The van der Waals surface area contributed by atoms with Crippen LogP contribution in [-0.4, -0.2) is 67.7 Å². The summed E-state index contributed by atoms with van der Waals surface area (Å²) in [6.45, 7) is 10.3. The van der Waals surface area contributed by atoms with Gasteiger partial charge in [-0.2, -0.15) is 0 Å². The molecule has 1 aromatic carbocycles. The molecule has 0 unspecified atom stereocenters. The fraction of sp³-hybridized carbons (Fsp3) is 0.696. The van der Waals surface area contributed by atoms with E-state index in [1.165, 1.54) is 37.1 Å². The zero-order valence-corrected chi connectivity index (χ0v) is 17.8. The number of nitrogens with zero attached hydrogens (tertiary/aromatic N) is 2. The summed E-state index contributed by atoms with van der Waals surface area (Å²) < 4.78 is 5.11. The van der Waals surface area contributed by atoms with Crippen LogP contribution in [0.15, 0.2) is 24.3 Å². The van der Waals surface area contributed by atoms with E-state index in [-0.39, 0.29) is 17.9 Å². The number of piperidine rings is 2. The molecule has 0 spiro atoms. The van der Waals surface area contributed by atoms with Gasteiger partial charge in [-0.3, -0.25) is 9.69 Å². The van der Waals surface area contributed by atoms with Crippen LogP contribution < -0.4 is 5.32 Å². The van der Waals surface area contributed by atoms with Gasteiger partial charge in [-0.25, -0.2) is 0 Å². The smallest absolute Gasteiger partial charge is 0.223 e. The Morgan fingerprint density at radius 3 is 2.46 bits per heavy atom. The van der Waals surface area contributed by atoms with Gasteiger partial charge in [0.15, 0.2) is 0 Å². The van der Waals surface area contributed by atoms with Gasteiger partial charge >= 0.3 is 0 Å². The van der Waals surface area contributed by atoms with Crippen molar-refractivity contribution < 1.29 is 9.53 Å². The highest BCUT2D eigenvalue weighted by Gasteiger charge is 2.31. The molecule has 1 aromatic rings. The van der Waals surface area contributed by atoms with Crippen LogP contribution in [-0.2, 0) is 16.1 Å². The lowest BCUT2D eigenvalue weighted by Gasteiger charge is -2.41. The zero-order chi connectivity index (χ0) is 19.9. The molecule has 3 rings (SSSR count). The van der Waals surface area contributed by atoms with Crippen LogP contribution in [0, 0.1) is 12.8 Å². The number of hydrogen-bond donors (Lipinski definition) is 1. The van der Waals surface area contributed by atoms with Gasteiger partial charge < -0.3 is 15.0 Å². The number of nitrogens with one attached hydrogen (secondary N) is 1. The molecule has 2 heterocycles. The van der Waals surface area contributed by atoms with E-state index in [2.05, 4.69) is 46.3 Å². The van der Waals surface area contributed by atoms with Gasteiger partial charge in [0.25, 0.3) is 0 Å². The molecule has 1 atom stereocenters. The average molecular weight is 388 g/mol. The lowest BCUT2D eigenvalue weighted by Crippen LogP contribution is -2.49. The number of rotatable bonds is 7. The van der Waals surface area contributed by atoms with Gasteiger partial charge in [0.2, 0.25) is 5.91 Å². The van der Waals surface area contributed by atoms with E-state index in [1.807, 2.05) is 6.92 Å². The Labute approximate surface area is 170 Å². The number of benzene rings is 1. The third kappa shape index (κ3) is 5.79. The number of hydrogen-bond acceptors (Lipinski definition) is 4. The standard InChI is InChI=1S/C23H37N3O2/c1-18-6-4-5-7-21(18)16-25-12-10-22(11-13-25)26-14-8-20(9-15-26)23(27)24-19(2)17-28-3/h4-7,19-20,22H,8-17H2,1-3H3,(H,24,27)/t19-/m1/s1. The molecule has 2 aliphatic rings. The van der Waals surface area contributed by atoms with Gasteiger partial charge in [-0.05, 0) is 76.8 Å². The first-order chi connectivity index (χ1) is 13.6. The largest absolute Gasteiger partial charge is 0.383 e. The van der Waals surface area contributed by atoms with Crippen molar-refractivity contribution in [1.82, 2.24) is 15.1 Å². The van der Waals surface area contributed by atoms with Crippen LogP contribution in [0.2, 0.25) is 0 Å². The average Bonchev–Trinajstić information content (AvgIpc) is 2.70. The van der Waals surface area contributed by atoms with E-state index >= 15 is 0 Å². The van der Waals surface area contributed by atoms with Crippen LogP contribution >= 0.6 is 0 Å². The minimum absolute atomic E-state index is 0.0908. The molecular formula is C23H37N3O2. The van der Waals surface area contributed by atoms with E-state index in [0.29, 0.717) is 12.6 Å². The fourth-order valence-corrected chi connectivity index (χ4v) is 4.65. The molecule has 5 heteroatoms. The molecule has 2 aliphatic heterocycles. The molecule has 1 N–H and O–H groups in total. The Kier molecular flexibility index (Phi) is 7.89. The molecule has 0 bridgehead atoms. The topological polar surface area (TPSA) is 44.8 Å². The SMILES string of the molecule is COC[C@@H](C)NC(=O)C1CCN(C2CCN(Cc3ccccc3C)CC2)CC1. The molecule has 0 aromatic heterocycles. The molecule has 5 nitrogen and oxygen atoms in total. The molecule has 0 aliphatic carbocycles. The maximum absolute atomic E-state index is 12.4. The molecule has 0 saturated carbocycles. The van der Waals surface area contributed by atoms with Crippen LogP contribution in [0.3, 0.4) is 0 Å². The molecule has 156 valence electrons. The van der Waals surface area contributed by atoms with Crippen LogP contribution in [0.1, 0.15) is 43.7 Å². The number of ether oxygens (including phenoxy) is 1. The van der Waals surface area contributed by atoms with Crippen molar-refractivity contribution in [3.8, 4) is 0 Å². The molecule has 1 amide bonds. The maximum atomic E-state index is 12.4. The first-order valence-corrected chi connectivity index (χ1v) is 10.9. The highest BCUT2D eigenvalue weighted by atomic mass is 16.5. The van der Waals surface area contributed by atoms with Gasteiger partial charge in [0.1, 0.15) is 0 Å². The van der Waals surface area contributed by atoms with E-state index < -0.39 is 0 Å². The monoisotopic (exact) mass is 387 g/mol. The first kappa shape index (κ1) is 21.3. The molecule has 2 saturated heterocycles. The third-order valence-corrected chi connectivity index (χ3v) is 6.43. The summed E-state index contributed by atoms with van der Waals surface area (Å²) in [4.78, 5) is 17.6. The van der Waals surface area contributed by atoms with E-state index in [1.54, 1.807) is 7.11 Å². The minimum atomic E-state index is 0.0908. The van der Waals surface area contributed by atoms with Gasteiger partial charge in [0.05, 0.1) is 6.61 Å². The molecule has 2 fully saturated rings.